The van der Waals surface area contributed by atoms with Crippen LogP contribution < -0.4 is 10.2 Å². The van der Waals surface area contributed by atoms with Gasteiger partial charge in [0.05, 0.1) is 39.9 Å². The molecule has 56 heavy (non-hydrogen) atoms. The highest BCUT2D eigenvalue weighted by atomic mass is 31.2. The van der Waals surface area contributed by atoms with Crippen LogP contribution in [0.25, 0.3) is 0 Å². The predicted molar refractivity (Wildman–Crippen MR) is 238 cm³/mol. The maximum Gasteiger partial charge on any atom is 0.268 e. The number of phosphoric acid groups is 1. The van der Waals surface area contributed by atoms with E-state index in [2.05, 4.69) is 19.2 Å². The minimum atomic E-state index is -4.57. The van der Waals surface area contributed by atoms with Crippen molar-refractivity contribution < 1.29 is 32.9 Å². The van der Waals surface area contributed by atoms with E-state index in [0.717, 1.165) is 38.5 Å². The fourth-order valence-corrected chi connectivity index (χ4v) is 7.88. The first kappa shape index (κ1) is 55.2. The average molecular weight is 815 g/mol. The molecular formula is C47H95N2O6P. The number of allylic oxidation sites excluding steroid dienone is 1. The molecule has 3 atom stereocenters. The highest BCUT2D eigenvalue weighted by molar-refractivity contribution is 7.45. The van der Waals surface area contributed by atoms with Gasteiger partial charge >= 0.3 is 0 Å². The number of hydrogen-bond donors (Lipinski definition) is 2. The van der Waals surface area contributed by atoms with E-state index in [9.17, 15) is 19.4 Å². The summed E-state index contributed by atoms with van der Waals surface area (Å²) < 4.78 is 23.1. The van der Waals surface area contributed by atoms with Gasteiger partial charge in [0, 0.05) is 6.42 Å². The van der Waals surface area contributed by atoms with E-state index in [0.29, 0.717) is 17.4 Å². The smallest absolute Gasteiger partial charge is 0.268 e. The topological polar surface area (TPSA) is 108 Å². The summed E-state index contributed by atoms with van der Waals surface area (Å²) in [5.41, 5.74) is 0. The Kier molecular flexibility index (Phi) is 39.1. The second-order valence-electron chi connectivity index (χ2n) is 17.8. The number of hydrogen-bond acceptors (Lipinski definition) is 6. The SMILES string of the molecule is CCCCCCCCCCCCCCCCCCCCCCCCCCCC/C=C/C(O)C(COP(=O)([O-])OCC[N+](C)(C)C)NC(=O)CCCCCCCC. The van der Waals surface area contributed by atoms with Crippen molar-refractivity contribution in [3.05, 3.63) is 12.2 Å². The Labute approximate surface area is 348 Å². The Morgan fingerprint density at radius 2 is 0.964 bits per heavy atom. The molecule has 0 aromatic rings. The van der Waals surface area contributed by atoms with Crippen LogP contribution in [0, 0.1) is 0 Å². The van der Waals surface area contributed by atoms with Gasteiger partial charge in [0.1, 0.15) is 13.2 Å². The molecule has 0 aliphatic carbocycles. The lowest BCUT2D eigenvalue weighted by Crippen LogP contribution is -2.45. The summed E-state index contributed by atoms with van der Waals surface area (Å²) in [6, 6.07) is -0.878. The van der Waals surface area contributed by atoms with Crippen LogP contribution in [0.2, 0.25) is 0 Å². The summed E-state index contributed by atoms with van der Waals surface area (Å²) in [7, 11) is 1.27. The lowest BCUT2D eigenvalue weighted by Gasteiger charge is -2.29. The Morgan fingerprint density at radius 1 is 0.607 bits per heavy atom. The summed E-state index contributed by atoms with van der Waals surface area (Å²) >= 11 is 0. The van der Waals surface area contributed by atoms with Gasteiger partial charge in [-0.1, -0.05) is 219 Å². The Hall–Kier alpha value is -0.760. The third-order valence-corrected chi connectivity index (χ3v) is 12.0. The van der Waals surface area contributed by atoms with E-state index in [1.807, 2.05) is 27.2 Å². The molecule has 2 N–H and O–H groups in total. The zero-order chi connectivity index (χ0) is 41.4. The minimum absolute atomic E-state index is 0.00141. The number of amides is 1. The van der Waals surface area contributed by atoms with Crippen LogP contribution in [-0.4, -0.2) is 68.5 Å². The maximum atomic E-state index is 12.7. The zero-order valence-corrected chi connectivity index (χ0v) is 38.7. The number of carbonyl (C=O) groups excluding carboxylic acids is 1. The van der Waals surface area contributed by atoms with E-state index >= 15 is 0 Å². The number of carbonyl (C=O) groups is 1. The average Bonchev–Trinajstić information content (AvgIpc) is 3.15. The molecule has 1 amide bonds. The molecule has 0 aliphatic heterocycles. The third kappa shape index (κ3) is 41.4. The molecule has 0 saturated carbocycles. The quantitative estimate of drug-likeness (QED) is 0.0274. The molecule has 0 rings (SSSR count). The normalized spacial score (nSPS) is 14.3. The van der Waals surface area contributed by atoms with Crippen molar-refractivity contribution in [1.82, 2.24) is 5.32 Å². The highest BCUT2D eigenvalue weighted by Crippen LogP contribution is 2.38. The van der Waals surface area contributed by atoms with Crippen LogP contribution in [0.4, 0.5) is 0 Å². The number of aliphatic hydroxyl groups is 1. The molecule has 0 bridgehead atoms. The lowest BCUT2D eigenvalue weighted by atomic mass is 10.0. The van der Waals surface area contributed by atoms with E-state index in [-0.39, 0.29) is 19.1 Å². The Balaban J connectivity index is 3.99. The standard InChI is InChI=1S/C47H95N2O6P/c1-6-8-10-12-14-15-16-17-18-19-20-21-22-23-24-25-26-27-28-29-30-31-32-33-34-35-36-38-40-46(50)45(48-47(51)41-39-37-13-11-9-7-2)44-55-56(52,53)54-43-42-49(3,4)5/h38,40,45-46,50H,6-37,39,41-44H2,1-5H3,(H-,48,51,52,53)/b40-38+. The maximum absolute atomic E-state index is 12.7. The Bertz CT molecular complexity index is 927. The van der Waals surface area contributed by atoms with Crippen molar-refractivity contribution in [2.75, 3.05) is 40.9 Å². The Morgan fingerprint density at radius 3 is 1.34 bits per heavy atom. The summed E-state index contributed by atoms with van der Waals surface area (Å²) in [6.07, 6.45) is 46.0. The molecule has 0 fully saturated rings. The van der Waals surface area contributed by atoms with Crippen molar-refractivity contribution in [2.45, 2.75) is 244 Å². The molecule has 0 spiro atoms. The fraction of sp³-hybridized carbons (Fsp3) is 0.936. The molecule has 0 radical (unpaired) electrons. The van der Waals surface area contributed by atoms with Gasteiger partial charge in [-0.05, 0) is 19.3 Å². The molecule has 0 saturated heterocycles. The highest BCUT2D eigenvalue weighted by Gasteiger charge is 2.23. The van der Waals surface area contributed by atoms with E-state index in [1.54, 1.807) is 6.08 Å². The number of aliphatic hydroxyl groups excluding tert-OH is 1. The first-order valence-corrected chi connectivity index (χ1v) is 25.5. The van der Waals surface area contributed by atoms with E-state index < -0.39 is 20.0 Å². The van der Waals surface area contributed by atoms with Gasteiger partial charge < -0.3 is 28.8 Å². The molecule has 334 valence electrons. The van der Waals surface area contributed by atoms with Gasteiger partial charge in [-0.25, -0.2) is 0 Å². The molecule has 3 unspecified atom stereocenters. The molecular weight excluding hydrogens is 719 g/mol. The molecule has 8 nitrogen and oxygen atoms in total. The van der Waals surface area contributed by atoms with Gasteiger partial charge in [0.15, 0.2) is 0 Å². The van der Waals surface area contributed by atoms with Crippen molar-refractivity contribution >= 4 is 13.7 Å². The van der Waals surface area contributed by atoms with Gasteiger partial charge in [0.2, 0.25) is 5.91 Å². The monoisotopic (exact) mass is 815 g/mol. The van der Waals surface area contributed by atoms with Crippen molar-refractivity contribution in [3.63, 3.8) is 0 Å². The van der Waals surface area contributed by atoms with Crippen LogP contribution >= 0.6 is 7.82 Å². The lowest BCUT2D eigenvalue weighted by molar-refractivity contribution is -0.870. The van der Waals surface area contributed by atoms with E-state index in [4.69, 9.17) is 9.05 Å². The molecule has 0 aromatic carbocycles. The number of unbranched alkanes of at least 4 members (excludes halogenated alkanes) is 31. The second kappa shape index (κ2) is 39.7. The van der Waals surface area contributed by atoms with Gasteiger partial charge in [-0.3, -0.25) is 9.36 Å². The number of quaternary nitrogens is 1. The number of phosphoric ester groups is 1. The third-order valence-electron chi connectivity index (χ3n) is 11.0. The van der Waals surface area contributed by atoms with Crippen LogP contribution in [0.15, 0.2) is 12.2 Å². The van der Waals surface area contributed by atoms with Gasteiger partial charge in [0.25, 0.3) is 7.82 Å². The zero-order valence-electron chi connectivity index (χ0n) is 37.9. The fourth-order valence-electron chi connectivity index (χ4n) is 7.15. The second-order valence-corrected chi connectivity index (χ2v) is 19.2. The van der Waals surface area contributed by atoms with E-state index in [1.165, 1.54) is 173 Å². The molecule has 9 heteroatoms. The predicted octanol–water partition coefficient (Wildman–Crippen LogP) is 12.9. The molecule has 0 aliphatic rings. The van der Waals surface area contributed by atoms with Crippen molar-refractivity contribution in [1.29, 1.82) is 0 Å². The molecule has 0 heterocycles. The van der Waals surface area contributed by atoms with Crippen molar-refractivity contribution in [2.24, 2.45) is 0 Å². The van der Waals surface area contributed by atoms with Gasteiger partial charge in [-0.15, -0.1) is 0 Å². The summed E-state index contributed by atoms with van der Waals surface area (Å²) in [5.74, 6) is -0.205. The summed E-state index contributed by atoms with van der Waals surface area (Å²) in [5, 5.41) is 13.7. The first-order chi connectivity index (χ1) is 27.0. The first-order valence-electron chi connectivity index (χ1n) is 24.1. The largest absolute Gasteiger partial charge is 0.756 e. The number of rotatable bonds is 44. The summed E-state index contributed by atoms with van der Waals surface area (Å²) in [6.45, 7) is 4.59. The summed E-state index contributed by atoms with van der Waals surface area (Å²) in [4.78, 5) is 25.1. The van der Waals surface area contributed by atoms with Gasteiger partial charge in [-0.2, -0.15) is 0 Å². The molecule has 0 aromatic heterocycles. The number of likely N-dealkylation sites (N-methyl/N-ethyl adjacent to an activating group) is 1. The number of nitrogens with zero attached hydrogens (tertiary/aromatic N) is 1. The van der Waals surface area contributed by atoms with Crippen LogP contribution in [0.1, 0.15) is 232 Å². The number of nitrogens with one attached hydrogen (secondary N) is 1. The van der Waals surface area contributed by atoms with Crippen molar-refractivity contribution in [3.8, 4) is 0 Å². The van der Waals surface area contributed by atoms with Crippen LogP contribution in [0.3, 0.4) is 0 Å². The van der Waals surface area contributed by atoms with Crippen LogP contribution in [-0.2, 0) is 18.4 Å². The minimum Gasteiger partial charge on any atom is -0.756 e. The van der Waals surface area contributed by atoms with Crippen LogP contribution in [0.5, 0.6) is 0 Å².